The maximum Gasteiger partial charge on any atom is 0.0576 e. The molecule has 0 atom stereocenters. The molecule has 52 valence electrons. The number of hydrogen-bond donors (Lipinski definition) is 1. The van der Waals surface area contributed by atoms with E-state index in [2.05, 4.69) is 11.2 Å². The fraction of sp³-hybridized carbons (Fsp3) is 0.667. The van der Waals surface area contributed by atoms with E-state index in [0.29, 0.717) is 6.04 Å². The van der Waals surface area contributed by atoms with Crippen molar-refractivity contribution < 1.29 is 0 Å². The van der Waals surface area contributed by atoms with Gasteiger partial charge < -0.3 is 5.32 Å². The van der Waals surface area contributed by atoms with E-state index in [1.807, 2.05) is 11.8 Å². The minimum Gasteiger partial charge on any atom is -0.302 e. The van der Waals surface area contributed by atoms with E-state index in [0.717, 1.165) is 6.54 Å². The van der Waals surface area contributed by atoms with Gasteiger partial charge in [-0.05, 0) is 0 Å². The Morgan fingerprint density at radius 3 is 2.67 bits per heavy atom. The summed E-state index contributed by atoms with van der Waals surface area (Å²) in [4.78, 5) is 0. The van der Waals surface area contributed by atoms with Gasteiger partial charge in [0.15, 0.2) is 0 Å². The Morgan fingerprint density at radius 1 is 1.67 bits per heavy atom. The zero-order valence-corrected chi connectivity index (χ0v) is 6.73. The highest BCUT2D eigenvalue weighted by atomic mass is 35.5. The van der Waals surface area contributed by atoms with Gasteiger partial charge in [-0.25, -0.2) is 0 Å². The molecule has 0 spiro atoms. The fourth-order valence-corrected chi connectivity index (χ4v) is 1.26. The third kappa shape index (κ3) is 3.00. The standard InChI is InChI=1S/C6H9NS.ClH/c1-2-3-7-6-4-8-5-6;/h1,6-7H,3-5H2;1H. The SMILES string of the molecule is C#CCNC1CSC1.Cl. The van der Waals surface area contributed by atoms with Crippen molar-refractivity contribution in [1.29, 1.82) is 0 Å². The van der Waals surface area contributed by atoms with Crippen molar-refractivity contribution in [3.05, 3.63) is 0 Å². The molecule has 0 unspecified atom stereocenters. The van der Waals surface area contributed by atoms with Crippen LogP contribution >= 0.6 is 24.2 Å². The molecule has 0 bridgehead atoms. The van der Waals surface area contributed by atoms with Crippen molar-refractivity contribution in [2.45, 2.75) is 6.04 Å². The van der Waals surface area contributed by atoms with Crippen molar-refractivity contribution in [1.82, 2.24) is 5.32 Å². The molecule has 1 rings (SSSR count). The first-order valence-corrected chi connectivity index (χ1v) is 3.83. The van der Waals surface area contributed by atoms with Crippen LogP contribution in [0.1, 0.15) is 0 Å². The molecule has 1 nitrogen and oxygen atoms in total. The van der Waals surface area contributed by atoms with Gasteiger partial charge in [-0.15, -0.1) is 18.8 Å². The van der Waals surface area contributed by atoms with Gasteiger partial charge in [-0.3, -0.25) is 0 Å². The summed E-state index contributed by atoms with van der Waals surface area (Å²) in [5.74, 6) is 5.02. The van der Waals surface area contributed by atoms with Crippen molar-refractivity contribution in [2.75, 3.05) is 18.1 Å². The average Bonchev–Trinajstić information content (AvgIpc) is 1.63. The van der Waals surface area contributed by atoms with Gasteiger partial charge >= 0.3 is 0 Å². The molecule has 0 radical (unpaired) electrons. The molecule has 0 aromatic heterocycles. The Morgan fingerprint density at radius 2 is 2.33 bits per heavy atom. The second-order valence-electron chi connectivity index (χ2n) is 1.82. The third-order valence-electron chi connectivity index (χ3n) is 1.13. The van der Waals surface area contributed by atoms with Crippen molar-refractivity contribution >= 4 is 24.2 Å². The lowest BCUT2D eigenvalue weighted by atomic mass is 10.4. The Kier molecular flexibility index (Phi) is 5.07. The van der Waals surface area contributed by atoms with Crippen molar-refractivity contribution in [2.24, 2.45) is 0 Å². The largest absolute Gasteiger partial charge is 0.302 e. The van der Waals surface area contributed by atoms with Crippen LogP contribution in [0, 0.1) is 12.3 Å². The van der Waals surface area contributed by atoms with E-state index >= 15 is 0 Å². The highest BCUT2D eigenvalue weighted by Gasteiger charge is 2.15. The molecule has 1 saturated heterocycles. The van der Waals surface area contributed by atoms with Gasteiger partial charge in [-0.1, -0.05) is 5.92 Å². The Bertz CT molecular complexity index is 106. The maximum absolute atomic E-state index is 5.04. The Labute approximate surface area is 66.4 Å². The molecule has 1 aliphatic heterocycles. The topological polar surface area (TPSA) is 12.0 Å². The van der Waals surface area contributed by atoms with Gasteiger partial charge in [0.2, 0.25) is 0 Å². The lowest BCUT2D eigenvalue weighted by Crippen LogP contribution is -2.40. The number of halogens is 1. The molecular formula is C6H10ClNS. The number of nitrogens with one attached hydrogen (secondary N) is 1. The highest BCUT2D eigenvalue weighted by Crippen LogP contribution is 2.16. The monoisotopic (exact) mass is 163 g/mol. The zero-order valence-electron chi connectivity index (χ0n) is 5.09. The molecule has 1 aliphatic rings. The Hall–Kier alpha value is 0.160. The summed E-state index contributed by atoms with van der Waals surface area (Å²) in [7, 11) is 0. The second-order valence-corrected chi connectivity index (χ2v) is 2.89. The smallest absolute Gasteiger partial charge is 0.0576 e. The lowest BCUT2D eigenvalue weighted by molar-refractivity contribution is 0.631. The number of hydrogen-bond acceptors (Lipinski definition) is 2. The first-order chi connectivity index (χ1) is 3.93. The quantitative estimate of drug-likeness (QED) is 0.603. The number of rotatable bonds is 2. The molecule has 1 N–H and O–H groups in total. The van der Waals surface area contributed by atoms with E-state index < -0.39 is 0 Å². The van der Waals surface area contributed by atoms with Crippen molar-refractivity contribution in [3.63, 3.8) is 0 Å². The average molecular weight is 164 g/mol. The first-order valence-electron chi connectivity index (χ1n) is 2.68. The highest BCUT2D eigenvalue weighted by molar-refractivity contribution is 8.00. The minimum atomic E-state index is 0. The van der Waals surface area contributed by atoms with Crippen LogP contribution in [0.25, 0.3) is 0 Å². The molecule has 0 aliphatic carbocycles. The van der Waals surface area contributed by atoms with Gasteiger partial charge in [0, 0.05) is 17.5 Å². The van der Waals surface area contributed by atoms with Crippen LogP contribution in [0.4, 0.5) is 0 Å². The van der Waals surface area contributed by atoms with Crippen LogP contribution in [0.2, 0.25) is 0 Å². The minimum absolute atomic E-state index is 0. The van der Waals surface area contributed by atoms with Crippen molar-refractivity contribution in [3.8, 4) is 12.3 Å². The van der Waals surface area contributed by atoms with E-state index in [-0.39, 0.29) is 12.4 Å². The zero-order chi connectivity index (χ0) is 5.82. The normalized spacial score (nSPS) is 17.2. The summed E-state index contributed by atoms with van der Waals surface area (Å²) in [6, 6.07) is 0.705. The molecule has 0 aromatic rings. The summed E-state index contributed by atoms with van der Waals surface area (Å²) in [5, 5.41) is 3.21. The summed E-state index contributed by atoms with van der Waals surface area (Å²) < 4.78 is 0. The van der Waals surface area contributed by atoms with E-state index in [4.69, 9.17) is 6.42 Å². The Balaban J connectivity index is 0.000000640. The summed E-state index contributed by atoms with van der Waals surface area (Å²) in [6.07, 6.45) is 5.04. The van der Waals surface area contributed by atoms with Crippen LogP contribution in [-0.4, -0.2) is 24.1 Å². The van der Waals surface area contributed by atoms with Crippen LogP contribution < -0.4 is 5.32 Å². The fourth-order valence-electron chi connectivity index (χ4n) is 0.557. The molecule has 0 amide bonds. The summed E-state index contributed by atoms with van der Waals surface area (Å²) in [6.45, 7) is 0.727. The van der Waals surface area contributed by atoms with Gasteiger partial charge in [0.1, 0.15) is 0 Å². The van der Waals surface area contributed by atoms with Gasteiger partial charge in [0.25, 0.3) is 0 Å². The summed E-state index contributed by atoms with van der Waals surface area (Å²) in [5.41, 5.74) is 0. The van der Waals surface area contributed by atoms with Crippen LogP contribution in [0.15, 0.2) is 0 Å². The number of terminal acetylenes is 1. The van der Waals surface area contributed by atoms with E-state index in [1.54, 1.807) is 0 Å². The molecular weight excluding hydrogens is 154 g/mol. The molecule has 3 heteroatoms. The lowest BCUT2D eigenvalue weighted by Gasteiger charge is -2.24. The van der Waals surface area contributed by atoms with Gasteiger partial charge in [0.05, 0.1) is 6.54 Å². The van der Waals surface area contributed by atoms with Crippen LogP contribution in [0.5, 0.6) is 0 Å². The first kappa shape index (κ1) is 9.16. The van der Waals surface area contributed by atoms with E-state index in [9.17, 15) is 0 Å². The molecule has 0 aromatic carbocycles. The molecule has 9 heavy (non-hydrogen) atoms. The second kappa shape index (κ2) is 4.99. The maximum atomic E-state index is 5.04. The third-order valence-corrected chi connectivity index (χ3v) is 2.41. The summed E-state index contributed by atoms with van der Waals surface area (Å²) >= 11 is 1.96. The van der Waals surface area contributed by atoms with Gasteiger partial charge in [-0.2, -0.15) is 11.8 Å². The molecule has 1 heterocycles. The molecule has 0 saturated carbocycles. The predicted molar refractivity (Wildman–Crippen MR) is 45.2 cm³/mol. The molecule has 1 fully saturated rings. The van der Waals surface area contributed by atoms with Crippen LogP contribution in [-0.2, 0) is 0 Å². The van der Waals surface area contributed by atoms with Crippen LogP contribution in [0.3, 0.4) is 0 Å². The number of thioether (sulfide) groups is 1. The van der Waals surface area contributed by atoms with E-state index in [1.165, 1.54) is 11.5 Å². The predicted octanol–water partition coefficient (Wildman–Crippen LogP) is 0.746.